The van der Waals surface area contributed by atoms with Crippen molar-refractivity contribution < 1.29 is 0 Å². The Kier molecular flexibility index (Phi) is 10.0. The van der Waals surface area contributed by atoms with Crippen molar-refractivity contribution in [3.8, 4) is 0 Å². The van der Waals surface area contributed by atoms with Crippen molar-refractivity contribution in [2.24, 2.45) is 27.3 Å². The van der Waals surface area contributed by atoms with E-state index in [-0.39, 0.29) is 11.5 Å². The molecule has 1 aromatic carbocycles. The van der Waals surface area contributed by atoms with E-state index in [1.807, 2.05) is 30.3 Å². The Morgan fingerprint density at radius 3 is 2.28 bits per heavy atom. The standard InChI is InChI=1S/C22H35N3/c1-19(2)21(23)16-12-7-5-6-8-13-17-22(3,4)18-24-25-20-14-10-9-11-15-20/h7-15,19,21H,5-6,16-18,23H2,1-4H3. The molecular formula is C22H35N3. The Morgan fingerprint density at radius 1 is 1.00 bits per heavy atom. The first-order valence-corrected chi connectivity index (χ1v) is 9.39. The van der Waals surface area contributed by atoms with Crippen LogP contribution in [-0.4, -0.2) is 12.6 Å². The SMILES string of the molecule is CC(C)C(N)CC=CCCC=CCC(C)(C)CN=Nc1ccccc1. The highest BCUT2D eigenvalue weighted by Crippen LogP contribution is 2.22. The van der Waals surface area contributed by atoms with E-state index in [9.17, 15) is 0 Å². The lowest BCUT2D eigenvalue weighted by atomic mass is 9.89. The predicted molar refractivity (Wildman–Crippen MR) is 109 cm³/mol. The highest BCUT2D eigenvalue weighted by molar-refractivity contribution is 5.34. The third-order valence-electron chi connectivity index (χ3n) is 4.21. The van der Waals surface area contributed by atoms with E-state index in [2.05, 4.69) is 62.2 Å². The molecule has 0 fully saturated rings. The summed E-state index contributed by atoms with van der Waals surface area (Å²) in [6.45, 7) is 9.53. The first-order valence-electron chi connectivity index (χ1n) is 9.39. The number of unbranched alkanes of at least 4 members (excludes halogenated alkanes) is 1. The number of hydrogen-bond acceptors (Lipinski definition) is 3. The predicted octanol–water partition coefficient (Wildman–Crippen LogP) is 6.45. The van der Waals surface area contributed by atoms with Gasteiger partial charge in [0, 0.05) is 6.04 Å². The average molecular weight is 342 g/mol. The van der Waals surface area contributed by atoms with E-state index >= 15 is 0 Å². The quantitative estimate of drug-likeness (QED) is 0.280. The third kappa shape index (κ3) is 10.7. The third-order valence-corrected chi connectivity index (χ3v) is 4.21. The fourth-order valence-electron chi connectivity index (χ4n) is 2.22. The largest absolute Gasteiger partial charge is 0.327 e. The molecule has 138 valence electrons. The summed E-state index contributed by atoms with van der Waals surface area (Å²) in [5.41, 5.74) is 7.07. The first-order chi connectivity index (χ1) is 11.9. The minimum absolute atomic E-state index is 0.134. The lowest BCUT2D eigenvalue weighted by Crippen LogP contribution is -2.25. The Hall–Kier alpha value is -1.74. The Bertz CT molecular complexity index is 542. The Labute approximate surface area is 154 Å². The van der Waals surface area contributed by atoms with Crippen LogP contribution in [0.2, 0.25) is 0 Å². The number of allylic oxidation sites excluding steroid dienone is 3. The van der Waals surface area contributed by atoms with Crippen LogP contribution in [0.3, 0.4) is 0 Å². The van der Waals surface area contributed by atoms with Crippen molar-refractivity contribution in [3.05, 3.63) is 54.6 Å². The summed E-state index contributed by atoms with van der Waals surface area (Å²) in [6, 6.07) is 10.2. The molecule has 0 heterocycles. The van der Waals surface area contributed by atoms with Gasteiger partial charge >= 0.3 is 0 Å². The van der Waals surface area contributed by atoms with Gasteiger partial charge in [-0.3, -0.25) is 0 Å². The van der Waals surface area contributed by atoms with E-state index in [1.165, 1.54) is 0 Å². The number of hydrogen-bond donors (Lipinski definition) is 1. The molecule has 1 unspecified atom stereocenters. The van der Waals surface area contributed by atoms with Gasteiger partial charge < -0.3 is 5.73 Å². The van der Waals surface area contributed by atoms with Gasteiger partial charge in [0.15, 0.2) is 0 Å². The van der Waals surface area contributed by atoms with Crippen LogP contribution in [-0.2, 0) is 0 Å². The van der Waals surface area contributed by atoms with E-state index in [0.717, 1.165) is 37.9 Å². The van der Waals surface area contributed by atoms with E-state index < -0.39 is 0 Å². The van der Waals surface area contributed by atoms with Crippen LogP contribution < -0.4 is 5.73 Å². The minimum Gasteiger partial charge on any atom is -0.327 e. The molecule has 0 saturated heterocycles. The second kappa shape index (κ2) is 11.8. The number of nitrogens with zero attached hydrogens (tertiary/aromatic N) is 2. The van der Waals surface area contributed by atoms with Gasteiger partial charge in [-0.1, -0.05) is 70.2 Å². The van der Waals surface area contributed by atoms with Crippen molar-refractivity contribution in [2.45, 2.75) is 59.4 Å². The molecule has 0 aliphatic rings. The Morgan fingerprint density at radius 2 is 1.64 bits per heavy atom. The first kappa shape index (κ1) is 21.3. The molecule has 0 radical (unpaired) electrons. The second-order valence-corrected chi connectivity index (χ2v) is 7.77. The highest BCUT2D eigenvalue weighted by Gasteiger charge is 2.15. The summed E-state index contributed by atoms with van der Waals surface area (Å²) in [7, 11) is 0. The maximum atomic E-state index is 6.02. The van der Waals surface area contributed by atoms with Crippen LogP contribution >= 0.6 is 0 Å². The van der Waals surface area contributed by atoms with Gasteiger partial charge in [-0.2, -0.15) is 10.2 Å². The summed E-state index contributed by atoms with van der Waals surface area (Å²) in [6.07, 6.45) is 13.1. The lowest BCUT2D eigenvalue weighted by molar-refractivity contribution is 0.379. The van der Waals surface area contributed by atoms with Crippen LogP contribution in [0.1, 0.15) is 53.4 Å². The molecule has 0 aliphatic carbocycles. The molecule has 0 aromatic heterocycles. The number of nitrogens with two attached hydrogens (primary N) is 1. The van der Waals surface area contributed by atoms with Crippen LogP contribution in [0.4, 0.5) is 5.69 Å². The number of azo groups is 1. The van der Waals surface area contributed by atoms with E-state index in [1.54, 1.807) is 0 Å². The molecule has 0 saturated carbocycles. The van der Waals surface area contributed by atoms with Crippen molar-refractivity contribution in [1.29, 1.82) is 0 Å². The van der Waals surface area contributed by atoms with Crippen molar-refractivity contribution in [1.82, 2.24) is 0 Å². The van der Waals surface area contributed by atoms with Gasteiger partial charge in [-0.05, 0) is 49.1 Å². The zero-order valence-electron chi connectivity index (χ0n) is 16.4. The van der Waals surface area contributed by atoms with Crippen molar-refractivity contribution in [2.75, 3.05) is 6.54 Å². The molecule has 0 aliphatic heterocycles. The molecule has 1 atom stereocenters. The molecule has 0 amide bonds. The van der Waals surface area contributed by atoms with Crippen LogP contribution in [0, 0.1) is 11.3 Å². The van der Waals surface area contributed by atoms with Gasteiger partial charge in [0.1, 0.15) is 0 Å². The lowest BCUT2D eigenvalue weighted by Gasteiger charge is -2.19. The zero-order valence-corrected chi connectivity index (χ0v) is 16.4. The molecule has 3 heteroatoms. The molecule has 0 spiro atoms. The molecular weight excluding hydrogens is 306 g/mol. The average Bonchev–Trinajstić information content (AvgIpc) is 2.57. The fourth-order valence-corrected chi connectivity index (χ4v) is 2.22. The molecule has 1 rings (SSSR count). The van der Waals surface area contributed by atoms with Gasteiger partial charge in [0.05, 0.1) is 12.2 Å². The molecule has 1 aromatic rings. The second-order valence-electron chi connectivity index (χ2n) is 7.77. The summed E-state index contributed by atoms with van der Waals surface area (Å²) in [5.74, 6) is 0.547. The van der Waals surface area contributed by atoms with Gasteiger partial charge in [0.2, 0.25) is 0 Å². The normalized spacial score (nSPS) is 14.3. The van der Waals surface area contributed by atoms with Crippen LogP contribution in [0.25, 0.3) is 0 Å². The monoisotopic (exact) mass is 341 g/mol. The minimum atomic E-state index is 0.134. The number of benzene rings is 1. The van der Waals surface area contributed by atoms with Gasteiger partial charge in [-0.25, -0.2) is 0 Å². The van der Waals surface area contributed by atoms with Crippen LogP contribution in [0.15, 0.2) is 64.9 Å². The smallest absolute Gasteiger partial charge is 0.0852 e. The molecule has 0 bridgehead atoms. The maximum absolute atomic E-state index is 6.02. The summed E-state index contributed by atoms with van der Waals surface area (Å²) < 4.78 is 0. The van der Waals surface area contributed by atoms with E-state index in [0.29, 0.717) is 5.92 Å². The van der Waals surface area contributed by atoms with Crippen molar-refractivity contribution in [3.63, 3.8) is 0 Å². The summed E-state index contributed by atoms with van der Waals surface area (Å²) in [4.78, 5) is 0. The summed E-state index contributed by atoms with van der Waals surface area (Å²) >= 11 is 0. The fraction of sp³-hybridized carbons (Fsp3) is 0.545. The van der Waals surface area contributed by atoms with Crippen LogP contribution in [0.5, 0.6) is 0 Å². The number of rotatable bonds is 11. The summed E-state index contributed by atoms with van der Waals surface area (Å²) in [5, 5.41) is 8.63. The molecule has 2 N–H and O–H groups in total. The van der Waals surface area contributed by atoms with Gasteiger partial charge in [-0.15, -0.1) is 0 Å². The van der Waals surface area contributed by atoms with Crippen molar-refractivity contribution >= 4 is 5.69 Å². The maximum Gasteiger partial charge on any atom is 0.0852 e. The highest BCUT2D eigenvalue weighted by atomic mass is 15.1. The topological polar surface area (TPSA) is 50.7 Å². The molecule has 3 nitrogen and oxygen atoms in total. The van der Waals surface area contributed by atoms with Gasteiger partial charge in [0.25, 0.3) is 0 Å². The Balaban J connectivity index is 2.21. The van der Waals surface area contributed by atoms with E-state index in [4.69, 9.17) is 5.73 Å². The zero-order chi connectivity index (χ0) is 18.5. The molecule has 25 heavy (non-hydrogen) atoms.